The Morgan fingerprint density at radius 2 is 1.71 bits per heavy atom. The van der Waals surface area contributed by atoms with E-state index in [4.69, 9.17) is 0 Å². The molecule has 1 N–H and O–H groups in total. The van der Waals surface area contributed by atoms with Gasteiger partial charge in [0, 0.05) is 11.6 Å². The summed E-state index contributed by atoms with van der Waals surface area (Å²) in [6.07, 6.45) is 12.9. The molecule has 2 aliphatic rings. The summed E-state index contributed by atoms with van der Waals surface area (Å²) < 4.78 is 0. The van der Waals surface area contributed by atoms with Gasteiger partial charge < -0.3 is 10.2 Å². The first kappa shape index (κ1) is 13.4. The molecule has 17 heavy (non-hydrogen) atoms. The summed E-state index contributed by atoms with van der Waals surface area (Å²) in [5, 5.41) is 3.65. The van der Waals surface area contributed by atoms with Gasteiger partial charge >= 0.3 is 0 Å². The van der Waals surface area contributed by atoms with Crippen molar-refractivity contribution >= 4 is 0 Å². The van der Waals surface area contributed by atoms with Crippen molar-refractivity contribution in [1.82, 2.24) is 10.2 Å². The molecule has 0 spiro atoms. The minimum Gasteiger partial charge on any atom is -0.315 e. The summed E-state index contributed by atoms with van der Waals surface area (Å²) in [4.78, 5) is 2.51. The fourth-order valence-corrected chi connectivity index (χ4v) is 4.28. The van der Waals surface area contributed by atoms with E-state index in [1.165, 1.54) is 57.8 Å². The maximum absolute atomic E-state index is 3.65. The Morgan fingerprint density at radius 3 is 2.18 bits per heavy atom. The maximum atomic E-state index is 3.65. The Balaban J connectivity index is 2.03. The van der Waals surface area contributed by atoms with E-state index in [2.05, 4.69) is 31.4 Å². The Kier molecular flexibility index (Phi) is 4.48. The van der Waals surface area contributed by atoms with E-state index in [9.17, 15) is 0 Å². The third-order valence-corrected chi connectivity index (χ3v) is 5.40. The fraction of sp³-hybridized carbons (Fsp3) is 1.00. The van der Waals surface area contributed by atoms with Crippen molar-refractivity contribution in [3.63, 3.8) is 0 Å². The van der Waals surface area contributed by atoms with Crippen LogP contribution in [0.2, 0.25) is 0 Å². The van der Waals surface area contributed by atoms with Crippen LogP contribution in [0.1, 0.15) is 57.8 Å². The van der Waals surface area contributed by atoms with Gasteiger partial charge in [0.1, 0.15) is 0 Å². The predicted octanol–water partition coefficient (Wildman–Crippen LogP) is 3.03. The van der Waals surface area contributed by atoms with Crippen LogP contribution in [0.5, 0.6) is 0 Å². The third-order valence-electron chi connectivity index (χ3n) is 5.40. The number of hydrogen-bond donors (Lipinski definition) is 1. The van der Waals surface area contributed by atoms with Crippen molar-refractivity contribution in [1.29, 1.82) is 0 Å². The van der Waals surface area contributed by atoms with Crippen LogP contribution in [0.25, 0.3) is 0 Å². The molecular weight excluding hydrogens is 208 g/mol. The Hall–Kier alpha value is -0.0800. The average molecular weight is 238 g/mol. The SMILES string of the molecule is CNC(CC1CCCC1)C1(N(C)C)CCCC1. The van der Waals surface area contributed by atoms with Crippen LogP contribution in [-0.4, -0.2) is 37.6 Å². The third kappa shape index (κ3) is 2.68. The molecule has 0 aromatic heterocycles. The molecule has 0 radical (unpaired) electrons. The van der Waals surface area contributed by atoms with Crippen LogP contribution < -0.4 is 5.32 Å². The first-order valence-electron chi connectivity index (χ1n) is 7.54. The number of nitrogens with one attached hydrogen (secondary N) is 1. The highest BCUT2D eigenvalue weighted by atomic mass is 15.2. The second-order valence-corrected chi connectivity index (χ2v) is 6.43. The lowest BCUT2D eigenvalue weighted by molar-refractivity contribution is 0.0950. The summed E-state index contributed by atoms with van der Waals surface area (Å²) in [5.74, 6) is 0.991. The quantitative estimate of drug-likeness (QED) is 0.792. The largest absolute Gasteiger partial charge is 0.315 e. The molecule has 2 fully saturated rings. The van der Waals surface area contributed by atoms with Crippen molar-refractivity contribution < 1.29 is 0 Å². The van der Waals surface area contributed by atoms with Gasteiger partial charge in [-0.05, 0) is 46.3 Å². The number of rotatable bonds is 5. The Labute approximate surface area is 107 Å². The molecule has 0 heterocycles. The molecular formula is C15H30N2. The zero-order valence-electron chi connectivity index (χ0n) is 12.0. The van der Waals surface area contributed by atoms with E-state index in [1.54, 1.807) is 0 Å². The van der Waals surface area contributed by atoms with Crippen LogP contribution in [0.3, 0.4) is 0 Å². The minimum absolute atomic E-state index is 0.442. The van der Waals surface area contributed by atoms with Gasteiger partial charge in [0.05, 0.1) is 0 Å². The lowest BCUT2D eigenvalue weighted by Crippen LogP contribution is -2.57. The molecule has 2 aliphatic carbocycles. The van der Waals surface area contributed by atoms with Gasteiger partial charge in [-0.25, -0.2) is 0 Å². The predicted molar refractivity (Wildman–Crippen MR) is 74.3 cm³/mol. The molecule has 2 heteroatoms. The highest BCUT2D eigenvalue weighted by Crippen LogP contribution is 2.40. The Morgan fingerprint density at radius 1 is 1.12 bits per heavy atom. The van der Waals surface area contributed by atoms with Crippen molar-refractivity contribution in [3.8, 4) is 0 Å². The van der Waals surface area contributed by atoms with Gasteiger partial charge in [-0.15, -0.1) is 0 Å². The standard InChI is InChI=1S/C15H30N2/c1-16-14(12-13-8-4-5-9-13)15(17(2)3)10-6-7-11-15/h13-14,16H,4-12H2,1-3H3. The monoisotopic (exact) mass is 238 g/mol. The molecule has 100 valence electrons. The van der Waals surface area contributed by atoms with E-state index in [1.807, 2.05) is 0 Å². The maximum Gasteiger partial charge on any atom is 0.0356 e. The van der Waals surface area contributed by atoms with Crippen molar-refractivity contribution in [2.45, 2.75) is 69.4 Å². The highest BCUT2D eigenvalue weighted by molar-refractivity contribution is 5.02. The number of likely N-dealkylation sites (N-methyl/N-ethyl adjacent to an activating group) is 2. The summed E-state index contributed by atoms with van der Waals surface area (Å²) in [7, 11) is 6.73. The smallest absolute Gasteiger partial charge is 0.0356 e. The van der Waals surface area contributed by atoms with Crippen LogP contribution >= 0.6 is 0 Å². The number of nitrogens with zero attached hydrogens (tertiary/aromatic N) is 1. The van der Waals surface area contributed by atoms with Crippen LogP contribution in [0.15, 0.2) is 0 Å². The second kappa shape index (κ2) is 5.71. The molecule has 0 saturated heterocycles. The molecule has 0 aromatic rings. The molecule has 0 aliphatic heterocycles. The summed E-state index contributed by atoms with van der Waals surface area (Å²) in [5.41, 5.74) is 0.442. The van der Waals surface area contributed by atoms with E-state index < -0.39 is 0 Å². The molecule has 2 nitrogen and oxygen atoms in total. The fourth-order valence-electron chi connectivity index (χ4n) is 4.28. The van der Waals surface area contributed by atoms with Gasteiger partial charge in [-0.3, -0.25) is 0 Å². The second-order valence-electron chi connectivity index (χ2n) is 6.43. The molecule has 2 saturated carbocycles. The molecule has 0 bridgehead atoms. The first-order chi connectivity index (χ1) is 8.19. The van der Waals surface area contributed by atoms with E-state index >= 15 is 0 Å². The highest BCUT2D eigenvalue weighted by Gasteiger charge is 2.43. The van der Waals surface area contributed by atoms with E-state index in [-0.39, 0.29) is 0 Å². The van der Waals surface area contributed by atoms with Gasteiger partial charge in [0.2, 0.25) is 0 Å². The molecule has 1 unspecified atom stereocenters. The van der Waals surface area contributed by atoms with Gasteiger partial charge in [0.15, 0.2) is 0 Å². The van der Waals surface area contributed by atoms with Gasteiger partial charge in [-0.2, -0.15) is 0 Å². The summed E-state index contributed by atoms with van der Waals surface area (Å²) >= 11 is 0. The topological polar surface area (TPSA) is 15.3 Å². The van der Waals surface area contributed by atoms with Gasteiger partial charge in [-0.1, -0.05) is 38.5 Å². The van der Waals surface area contributed by atoms with E-state index in [0.717, 1.165) is 5.92 Å². The lowest BCUT2D eigenvalue weighted by Gasteiger charge is -2.44. The molecule has 0 amide bonds. The normalized spacial score (nSPS) is 26.8. The van der Waals surface area contributed by atoms with Crippen LogP contribution in [-0.2, 0) is 0 Å². The van der Waals surface area contributed by atoms with Crippen LogP contribution in [0, 0.1) is 5.92 Å². The van der Waals surface area contributed by atoms with Crippen molar-refractivity contribution in [2.75, 3.05) is 21.1 Å². The number of hydrogen-bond acceptors (Lipinski definition) is 2. The zero-order valence-corrected chi connectivity index (χ0v) is 12.0. The first-order valence-corrected chi connectivity index (χ1v) is 7.54. The summed E-state index contributed by atoms with van der Waals surface area (Å²) in [6, 6.07) is 0.697. The lowest BCUT2D eigenvalue weighted by atomic mass is 9.81. The van der Waals surface area contributed by atoms with Crippen LogP contribution in [0.4, 0.5) is 0 Å². The average Bonchev–Trinajstić information content (AvgIpc) is 2.97. The molecule has 0 aromatic carbocycles. The van der Waals surface area contributed by atoms with Crippen molar-refractivity contribution in [2.24, 2.45) is 5.92 Å². The summed E-state index contributed by atoms with van der Waals surface area (Å²) in [6.45, 7) is 0. The van der Waals surface area contributed by atoms with E-state index in [0.29, 0.717) is 11.6 Å². The molecule has 2 rings (SSSR count). The van der Waals surface area contributed by atoms with Gasteiger partial charge in [0.25, 0.3) is 0 Å². The minimum atomic E-state index is 0.442. The zero-order chi connectivity index (χ0) is 12.3. The molecule has 1 atom stereocenters. The Bertz CT molecular complexity index is 225. The van der Waals surface area contributed by atoms with Crippen molar-refractivity contribution in [3.05, 3.63) is 0 Å².